The van der Waals surface area contributed by atoms with Crippen LogP contribution in [0, 0.1) is 11.3 Å². The lowest BCUT2D eigenvalue weighted by Crippen LogP contribution is -2.38. The first kappa shape index (κ1) is 19.4. The Labute approximate surface area is 170 Å². The summed E-state index contributed by atoms with van der Waals surface area (Å²) >= 11 is 7.16. The summed E-state index contributed by atoms with van der Waals surface area (Å²) in [7, 11) is 0. The fraction of sp³-hybridized carbons (Fsp3) is 0.211. The zero-order valence-electron chi connectivity index (χ0n) is 14.7. The monoisotopic (exact) mass is 415 g/mol. The normalized spacial score (nSPS) is 12.1. The molecule has 2 heterocycles. The summed E-state index contributed by atoms with van der Waals surface area (Å²) in [5.74, 6) is -0.733. The van der Waals surface area contributed by atoms with Crippen molar-refractivity contribution in [3.63, 3.8) is 0 Å². The first-order valence-corrected chi connectivity index (χ1v) is 10.3. The maximum Gasteiger partial charge on any atom is 0.272 e. The lowest BCUT2D eigenvalue weighted by Gasteiger charge is -2.27. The smallest absolute Gasteiger partial charge is 0.272 e. The molecule has 0 radical (unpaired) electrons. The number of aromatic nitrogens is 1. The van der Waals surface area contributed by atoms with Gasteiger partial charge in [-0.05, 0) is 43.5 Å². The van der Waals surface area contributed by atoms with E-state index in [0.29, 0.717) is 10.0 Å². The molecule has 0 spiro atoms. The molecule has 8 heteroatoms. The second kappa shape index (κ2) is 8.13. The molecule has 0 unspecified atom stereocenters. The number of carbonyl (C=O) groups is 1. The molecule has 0 atom stereocenters. The number of hydrogen-bond acceptors (Lipinski definition) is 7. The van der Waals surface area contributed by atoms with E-state index in [1.807, 2.05) is 49.6 Å². The molecule has 2 aromatic heterocycles. The molecule has 0 aliphatic heterocycles. The van der Waals surface area contributed by atoms with Gasteiger partial charge < -0.3 is 10.0 Å². The third kappa shape index (κ3) is 4.16. The number of thiophene rings is 1. The fourth-order valence-corrected chi connectivity index (χ4v) is 4.57. The van der Waals surface area contributed by atoms with Crippen molar-refractivity contribution < 1.29 is 9.90 Å². The van der Waals surface area contributed by atoms with Crippen LogP contribution in [0.25, 0.3) is 10.2 Å². The van der Waals surface area contributed by atoms with Crippen LogP contribution in [0.4, 0.5) is 5.69 Å². The maximum absolute atomic E-state index is 13.1. The maximum atomic E-state index is 13.1. The van der Waals surface area contributed by atoms with Crippen molar-refractivity contribution >= 4 is 57.1 Å². The van der Waals surface area contributed by atoms with Crippen molar-refractivity contribution in [2.45, 2.75) is 30.6 Å². The van der Waals surface area contributed by atoms with Gasteiger partial charge in [0.15, 0.2) is 5.57 Å². The zero-order chi connectivity index (χ0) is 19.6. The summed E-state index contributed by atoms with van der Waals surface area (Å²) in [6, 6.07) is 10.9. The Morgan fingerprint density at radius 2 is 2.19 bits per heavy atom. The van der Waals surface area contributed by atoms with Crippen LogP contribution in [0.5, 0.6) is 0 Å². The van der Waals surface area contributed by atoms with Crippen molar-refractivity contribution in [1.82, 2.24) is 4.98 Å². The number of aliphatic hydroxyl groups excluding tert-OH is 1. The molecule has 138 valence electrons. The average Bonchev–Trinajstić information content (AvgIpc) is 3.23. The Hall–Kier alpha value is -2.34. The highest BCUT2D eigenvalue weighted by Crippen LogP contribution is 2.30. The van der Waals surface area contributed by atoms with Crippen molar-refractivity contribution in [3.05, 3.63) is 51.9 Å². The predicted molar refractivity (Wildman–Crippen MR) is 113 cm³/mol. The molecule has 0 fully saturated rings. The van der Waals surface area contributed by atoms with Gasteiger partial charge in [0.05, 0.1) is 10.2 Å². The van der Waals surface area contributed by atoms with Crippen LogP contribution in [0.15, 0.2) is 51.4 Å². The summed E-state index contributed by atoms with van der Waals surface area (Å²) in [6.45, 7) is 3.73. The van der Waals surface area contributed by atoms with E-state index in [2.05, 4.69) is 17.6 Å². The van der Waals surface area contributed by atoms with Crippen LogP contribution >= 0.6 is 35.3 Å². The Kier molecular flexibility index (Phi) is 5.85. The van der Waals surface area contributed by atoms with Crippen LogP contribution in [0.3, 0.4) is 0 Å². The number of benzene rings is 1. The molecule has 1 N–H and O–H groups in total. The zero-order valence-corrected chi connectivity index (χ0v) is 17.2. The molecule has 3 aromatic rings. The molecule has 5 nitrogen and oxygen atoms in total. The van der Waals surface area contributed by atoms with E-state index in [4.69, 9.17) is 0 Å². The van der Waals surface area contributed by atoms with Gasteiger partial charge in [0, 0.05) is 23.0 Å². The fourth-order valence-electron chi connectivity index (χ4n) is 2.72. The molecule has 27 heavy (non-hydrogen) atoms. The van der Waals surface area contributed by atoms with Crippen molar-refractivity contribution in [2.24, 2.45) is 0 Å². The standard InChI is InChI=1S/C19H17N3O2S3/c1-11(2)22(12-5-6-15-17(8-12)27-19(25)21-15)18(24)14(10-20)16(23)9-13-4-3-7-26-13/h3-8,11,23H,9H2,1-2H3,(H,21,25)/b16-14-. The average molecular weight is 416 g/mol. The molecule has 1 amide bonds. The van der Waals surface area contributed by atoms with E-state index in [9.17, 15) is 15.2 Å². The van der Waals surface area contributed by atoms with Crippen LogP contribution in [0.2, 0.25) is 0 Å². The van der Waals surface area contributed by atoms with Crippen molar-refractivity contribution in [3.8, 4) is 6.07 Å². The number of nitriles is 1. The first-order valence-electron chi connectivity index (χ1n) is 8.18. The number of carbonyl (C=O) groups excluding carboxylic acids is 1. The Morgan fingerprint density at radius 3 is 2.81 bits per heavy atom. The molecule has 3 rings (SSSR count). The highest BCUT2D eigenvalue weighted by atomic mass is 32.2. The minimum atomic E-state index is -0.517. The van der Waals surface area contributed by atoms with Crippen LogP contribution in [0.1, 0.15) is 18.7 Å². The topological polar surface area (TPSA) is 77.2 Å². The van der Waals surface area contributed by atoms with E-state index >= 15 is 0 Å². The molecular formula is C19H17N3O2S3. The minimum Gasteiger partial charge on any atom is -0.510 e. The summed E-state index contributed by atoms with van der Waals surface area (Å²) in [5, 5.41) is 21.8. The number of thiazole rings is 1. The van der Waals surface area contributed by atoms with E-state index in [0.717, 1.165) is 15.1 Å². The SMILES string of the molecule is CC(C)N(C(=O)/C(C#N)=C(\O)Cc1cccs1)c1ccc2nc(S)sc2c1. The number of aliphatic hydroxyl groups is 1. The van der Waals surface area contributed by atoms with Gasteiger partial charge in [0.25, 0.3) is 5.91 Å². The largest absolute Gasteiger partial charge is 0.510 e. The summed E-state index contributed by atoms with van der Waals surface area (Å²) in [6.07, 6.45) is 0.162. The number of fused-ring (bicyclic) bond motifs is 1. The number of hydrogen-bond donors (Lipinski definition) is 2. The van der Waals surface area contributed by atoms with Gasteiger partial charge in [-0.3, -0.25) is 4.79 Å². The van der Waals surface area contributed by atoms with Crippen molar-refractivity contribution in [1.29, 1.82) is 5.26 Å². The van der Waals surface area contributed by atoms with E-state index < -0.39 is 5.91 Å². The molecule has 0 bridgehead atoms. The van der Waals surface area contributed by atoms with Crippen molar-refractivity contribution in [2.75, 3.05) is 4.90 Å². The van der Waals surface area contributed by atoms with Gasteiger partial charge >= 0.3 is 0 Å². The highest BCUT2D eigenvalue weighted by molar-refractivity contribution is 7.82. The third-order valence-corrected chi connectivity index (χ3v) is 5.98. The van der Waals surface area contributed by atoms with Gasteiger partial charge in [-0.2, -0.15) is 5.26 Å². The predicted octanol–water partition coefficient (Wildman–Crippen LogP) is 4.97. The lowest BCUT2D eigenvalue weighted by molar-refractivity contribution is -0.115. The number of rotatable bonds is 5. The molecule has 0 saturated heterocycles. The van der Waals surface area contributed by atoms with E-state index in [1.165, 1.54) is 27.6 Å². The summed E-state index contributed by atoms with van der Waals surface area (Å²) in [4.78, 5) is 19.8. The Bertz CT molecular complexity index is 1050. The first-order chi connectivity index (χ1) is 12.9. The molecular weight excluding hydrogens is 398 g/mol. The van der Waals surface area contributed by atoms with E-state index in [-0.39, 0.29) is 23.8 Å². The Morgan fingerprint density at radius 1 is 1.41 bits per heavy atom. The van der Waals surface area contributed by atoms with Gasteiger partial charge in [-0.25, -0.2) is 4.98 Å². The summed E-state index contributed by atoms with van der Waals surface area (Å²) in [5.41, 5.74) is 1.22. The molecule has 0 aliphatic rings. The second-order valence-corrected chi connectivity index (χ2v) is 8.90. The molecule has 0 aliphatic carbocycles. The van der Waals surface area contributed by atoms with Crippen LogP contribution < -0.4 is 4.90 Å². The number of amides is 1. The van der Waals surface area contributed by atoms with Gasteiger partial charge in [-0.15, -0.1) is 35.3 Å². The molecule has 1 aromatic carbocycles. The second-order valence-electron chi connectivity index (χ2n) is 6.11. The van der Waals surface area contributed by atoms with Gasteiger partial charge in [0.1, 0.15) is 16.2 Å². The van der Waals surface area contributed by atoms with Gasteiger partial charge in [-0.1, -0.05) is 6.07 Å². The van der Waals surface area contributed by atoms with Crippen LogP contribution in [-0.4, -0.2) is 22.0 Å². The number of allylic oxidation sites excluding steroid dienone is 1. The number of anilines is 1. The number of thiol groups is 1. The summed E-state index contributed by atoms with van der Waals surface area (Å²) < 4.78 is 1.55. The Balaban J connectivity index is 1.99. The van der Waals surface area contributed by atoms with Crippen LogP contribution in [-0.2, 0) is 11.2 Å². The van der Waals surface area contributed by atoms with Gasteiger partial charge in [0.2, 0.25) is 0 Å². The van der Waals surface area contributed by atoms with E-state index in [1.54, 1.807) is 6.07 Å². The molecule has 0 saturated carbocycles. The quantitative estimate of drug-likeness (QED) is 0.267. The number of nitrogens with zero attached hydrogens (tertiary/aromatic N) is 3. The third-order valence-electron chi connectivity index (χ3n) is 3.91. The minimum absolute atomic E-state index is 0.162. The highest BCUT2D eigenvalue weighted by Gasteiger charge is 2.26. The lowest BCUT2D eigenvalue weighted by atomic mass is 10.1.